The Bertz CT molecular complexity index is 133. The lowest BCUT2D eigenvalue weighted by Gasteiger charge is -2.28. The van der Waals surface area contributed by atoms with Crippen LogP contribution in [0.15, 0.2) is 4.99 Å². The molecule has 1 aliphatic rings. The maximum Gasteiger partial charge on any atom is 0.0823 e. The lowest BCUT2D eigenvalue weighted by molar-refractivity contribution is 0.362. The van der Waals surface area contributed by atoms with Gasteiger partial charge in [0.15, 0.2) is 0 Å². The molecule has 1 rings (SSSR count). The summed E-state index contributed by atoms with van der Waals surface area (Å²) in [5, 5.41) is 3.20. The molecule has 0 aromatic rings. The minimum Gasteiger partial charge on any atom is -0.372 e. The van der Waals surface area contributed by atoms with Crippen LogP contribution in [0.25, 0.3) is 0 Å². The Morgan fingerprint density at radius 3 is 2.82 bits per heavy atom. The first kappa shape index (κ1) is 8.53. The number of nitrogens with zero attached hydrogens (tertiary/aromatic N) is 1. The Hall–Kier alpha value is -0.570. The molecule has 0 unspecified atom stereocenters. The average Bonchev–Trinajstić information content (AvgIpc) is 2.03. The molecule has 2 atom stereocenters. The van der Waals surface area contributed by atoms with Crippen LogP contribution < -0.4 is 11.1 Å². The van der Waals surface area contributed by atoms with Crippen LogP contribution in [0.4, 0.5) is 0 Å². The van der Waals surface area contributed by atoms with E-state index in [9.17, 15) is 0 Å². The average molecular weight is 155 g/mol. The number of nitrogens with two attached hydrogens (primary N) is 1. The molecule has 0 aromatic heterocycles. The van der Waals surface area contributed by atoms with Crippen LogP contribution in [-0.4, -0.2) is 25.5 Å². The van der Waals surface area contributed by atoms with E-state index in [2.05, 4.69) is 10.3 Å². The molecule has 0 spiro atoms. The van der Waals surface area contributed by atoms with E-state index in [4.69, 9.17) is 5.73 Å². The van der Waals surface area contributed by atoms with Gasteiger partial charge in [0.1, 0.15) is 0 Å². The molecule has 1 aliphatic carbocycles. The van der Waals surface area contributed by atoms with E-state index < -0.39 is 0 Å². The normalized spacial score (nSPS) is 32.5. The van der Waals surface area contributed by atoms with Gasteiger partial charge in [-0.1, -0.05) is 12.8 Å². The fourth-order valence-corrected chi connectivity index (χ4v) is 1.54. The summed E-state index contributed by atoms with van der Waals surface area (Å²) in [6, 6.07) is 0.772. The molecule has 1 saturated carbocycles. The highest BCUT2D eigenvalue weighted by molar-refractivity contribution is 5.54. The van der Waals surface area contributed by atoms with Gasteiger partial charge in [-0.05, 0) is 12.8 Å². The van der Waals surface area contributed by atoms with Crippen molar-refractivity contribution in [1.82, 2.24) is 5.32 Å². The second-order valence-electron chi connectivity index (χ2n) is 3.11. The van der Waals surface area contributed by atoms with Crippen LogP contribution in [0.1, 0.15) is 25.7 Å². The van der Waals surface area contributed by atoms with Crippen LogP contribution >= 0.6 is 0 Å². The van der Waals surface area contributed by atoms with E-state index in [-0.39, 0.29) is 0 Å². The molecule has 0 heterocycles. The Balaban J connectivity index is 2.29. The van der Waals surface area contributed by atoms with Crippen molar-refractivity contribution < 1.29 is 0 Å². The Kier molecular flexibility index (Phi) is 3.36. The fourth-order valence-electron chi connectivity index (χ4n) is 1.54. The molecule has 0 aromatic carbocycles. The van der Waals surface area contributed by atoms with Gasteiger partial charge in [-0.2, -0.15) is 0 Å². The quantitative estimate of drug-likeness (QED) is 0.451. The summed E-state index contributed by atoms with van der Waals surface area (Å²) in [6.07, 6.45) is 6.66. The molecule has 11 heavy (non-hydrogen) atoms. The van der Waals surface area contributed by atoms with E-state index in [1.165, 1.54) is 19.3 Å². The third-order valence-corrected chi connectivity index (χ3v) is 2.24. The SMILES string of the molecule is C/N=C/N[C@@H]1CCCC[C@@H]1N. The summed E-state index contributed by atoms with van der Waals surface area (Å²) in [7, 11) is 1.77. The first-order valence-corrected chi connectivity index (χ1v) is 4.27. The topological polar surface area (TPSA) is 50.4 Å². The third-order valence-electron chi connectivity index (χ3n) is 2.24. The van der Waals surface area contributed by atoms with Gasteiger partial charge in [-0.3, -0.25) is 4.99 Å². The Morgan fingerprint density at radius 1 is 1.45 bits per heavy atom. The molecule has 0 radical (unpaired) electrons. The molecular formula is C8H17N3. The summed E-state index contributed by atoms with van der Waals surface area (Å²) in [5.41, 5.74) is 5.90. The van der Waals surface area contributed by atoms with Gasteiger partial charge in [0.2, 0.25) is 0 Å². The monoisotopic (exact) mass is 155 g/mol. The predicted octanol–water partition coefficient (Wildman–Crippen LogP) is 0.504. The van der Waals surface area contributed by atoms with Crippen molar-refractivity contribution in [3.63, 3.8) is 0 Å². The highest BCUT2D eigenvalue weighted by Crippen LogP contribution is 2.16. The first-order chi connectivity index (χ1) is 5.34. The van der Waals surface area contributed by atoms with E-state index >= 15 is 0 Å². The van der Waals surface area contributed by atoms with Crippen LogP contribution in [0.2, 0.25) is 0 Å². The van der Waals surface area contributed by atoms with Crippen LogP contribution in [0.3, 0.4) is 0 Å². The fraction of sp³-hybridized carbons (Fsp3) is 0.875. The number of aliphatic imine (C=N–C) groups is 1. The molecule has 0 bridgehead atoms. The van der Waals surface area contributed by atoms with E-state index in [1.807, 2.05) is 0 Å². The van der Waals surface area contributed by atoms with E-state index in [0.29, 0.717) is 12.1 Å². The van der Waals surface area contributed by atoms with Gasteiger partial charge in [0.25, 0.3) is 0 Å². The summed E-state index contributed by atoms with van der Waals surface area (Å²) in [4.78, 5) is 3.87. The molecule has 3 N–H and O–H groups in total. The Morgan fingerprint density at radius 2 is 2.18 bits per heavy atom. The number of nitrogens with one attached hydrogen (secondary N) is 1. The van der Waals surface area contributed by atoms with Gasteiger partial charge in [-0.15, -0.1) is 0 Å². The molecule has 64 valence electrons. The van der Waals surface area contributed by atoms with Crippen LogP contribution in [0.5, 0.6) is 0 Å². The van der Waals surface area contributed by atoms with E-state index in [1.54, 1.807) is 13.4 Å². The van der Waals surface area contributed by atoms with Gasteiger partial charge in [0, 0.05) is 19.1 Å². The Labute approximate surface area is 68.1 Å². The van der Waals surface area contributed by atoms with Gasteiger partial charge < -0.3 is 11.1 Å². The summed E-state index contributed by atoms with van der Waals surface area (Å²) >= 11 is 0. The maximum absolute atomic E-state index is 5.90. The minimum atomic E-state index is 0.321. The lowest BCUT2D eigenvalue weighted by Crippen LogP contribution is -2.46. The number of hydrogen-bond acceptors (Lipinski definition) is 2. The first-order valence-electron chi connectivity index (χ1n) is 4.27. The van der Waals surface area contributed by atoms with Crippen molar-refractivity contribution in [3.05, 3.63) is 0 Å². The third kappa shape index (κ3) is 2.50. The lowest BCUT2D eigenvalue weighted by atomic mass is 9.91. The predicted molar refractivity (Wildman–Crippen MR) is 47.8 cm³/mol. The van der Waals surface area contributed by atoms with Crippen LogP contribution in [0, 0.1) is 0 Å². The zero-order valence-corrected chi connectivity index (χ0v) is 7.09. The van der Waals surface area contributed by atoms with Crippen molar-refractivity contribution in [2.24, 2.45) is 10.7 Å². The minimum absolute atomic E-state index is 0.321. The number of rotatable bonds is 2. The smallest absolute Gasteiger partial charge is 0.0823 e. The van der Waals surface area contributed by atoms with Crippen molar-refractivity contribution in [3.8, 4) is 0 Å². The highest BCUT2D eigenvalue weighted by atomic mass is 15.0. The van der Waals surface area contributed by atoms with Crippen molar-refractivity contribution in [2.45, 2.75) is 37.8 Å². The standard InChI is InChI=1S/C8H17N3/c1-10-6-11-8-5-3-2-4-7(8)9/h6-8H,2-5,9H2,1H3,(H,10,11)/t7-,8+/m0/s1. The van der Waals surface area contributed by atoms with Gasteiger partial charge in [-0.25, -0.2) is 0 Å². The summed E-state index contributed by atoms with van der Waals surface area (Å²) < 4.78 is 0. The van der Waals surface area contributed by atoms with E-state index in [0.717, 1.165) is 6.42 Å². The zero-order valence-electron chi connectivity index (χ0n) is 7.09. The molecule has 0 aliphatic heterocycles. The van der Waals surface area contributed by atoms with Crippen molar-refractivity contribution >= 4 is 6.34 Å². The second kappa shape index (κ2) is 4.34. The molecular weight excluding hydrogens is 138 g/mol. The second-order valence-corrected chi connectivity index (χ2v) is 3.11. The van der Waals surface area contributed by atoms with Gasteiger partial charge in [0.05, 0.1) is 6.34 Å². The molecule has 0 amide bonds. The largest absolute Gasteiger partial charge is 0.372 e. The van der Waals surface area contributed by atoms with Crippen LogP contribution in [-0.2, 0) is 0 Å². The maximum atomic E-state index is 5.90. The van der Waals surface area contributed by atoms with Crippen molar-refractivity contribution in [2.75, 3.05) is 7.05 Å². The zero-order chi connectivity index (χ0) is 8.10. The molecule has 1 fully saturated rings. The highest BCUT2D eigenvalue weighted by Gasteiger charge is 2.19. The summed E-state index contributed by atoms with van der Waals surface area (Å²) in [5.74, 6) is 0. The molecule has 3 nitrogen and oxygen atoms in total. The number of hydrogen-bond donors (Lipinski definition) is 2. The molecule has 3 heteroatoms. The summed E-state index contributed by atoms with van der Waals surface area (Å²) in [6.45, 7) is 0. The van der Waals surface area contributed by atoms with Gasteiger partial charge >= 0.3 is 0 Å². The van der Waals surface area contributed by atoms with Crippen molar-refractivity contribution in [1.29, 1.82) is 0 Å². The molecule has 0 saturated heterocycles.